The number of primary sulfonamides is 1. The molecule has 0 aliphatic carbocycles. The Labute approximate surface area is 133 Å². The summed E-state index contributed by atoms with van der Waals surface area (Å²) in [5.41, 5.74) is 0. The van der Waals surface area contributed by atoms with Crippen LogP contribution in [0.2, 0.25) is 0 Å². The molecule has 0 spiro atoms. The highest BCUT2D eigenvalue weighted by molar-refractivity contribution is 7.88. The van der Waals surface area contributed by atoms with E-state index in [0.29, 0.717) is 12.4 Å². The first-order chi connectivity index (χ1) is 10.5. The van der Waals surface area contributed by atoms with Crippen LogP contribution in [0.1, 0.15) is 77.0 Å². The van der Waals surface area contributed by atoms with E-state index in [-0.39, 0.29) is 5.75 Å². The summed E-state index contributed by atoms with van der Waals surface area (Å²) >= 11 is 0. The molecular formula is C14H29N5O2S. The standard InChI is InChI=1S/C14H29N5O2S/c1-2-3-4-5-6-7-8-9-10-11-12-19-14(16-17-18-19)13-22(15,20)21/h2-13H2,1H3,(H2,15,20,21). The lowest BCUT2D eigenvalue weighted by molar-refractivity contribution is 0.499. The molecule has 8 heteroatoms. The van der Waals surface area contributed by atoms with Crippen molar-refractivity contribution in [3.63, 3.8) is 0 Å². The SMILES string of the molecule is CCCCCCCCCCCCn1nnnc1CS(N)(=O)=O. The van der Waals surface area contributed by atoms with Gasteiger partial charge in [-0.15, -0.1) is 5.10 Å². The minimum atomic E-state index is -3.59. The van der Waals surface area contributed by atoms with Crippen molar-refractivity contribution in [3.05, 3.63) is 5.82 Å². The molecule has 0 saturated carbocycles. The molecule has 0 unspecified atom stereocenters. The number of aromatic nitrogens is 4. The average Bonchev–Trinajstić information content (AvgIpc) is 2.86. The van der Waals surface area contributed by atoms with Crippen LogP contribution in [0.5, 0.6) is 0 Å². The van der Waals surface area contributed by atoms with Gasteiger partial charge in [0.15, 0.2) is 5.82 Å². The van der Waals surface area contributed by atoms with E-state index in [1.54, 1.807) is 0 Å². The molecule has 0 saturated heterocycles. The number of sulfonamides is 1. The van der Waals surface area contributed by atoms with E-state index in [1.807, 2.05) is 0 Å². The zero-order chi connectivity index (χ0) is 16.3. The highest BCUT2D eigenvalue weighted by Gasteiger charge is 2.12. The Bertz CT molecular complexity index is 501. The summed E-state index contributed by atoms with van der Waals surface area (Å²) < 4.78 is 23.7. The molecule has 0 atom stereocenters. The van der Waals surface area contributed by atoms with Crippen LogP contribution >= 0.6 is 0 Å². The summed E-state index contributed by atoms with van der Waals surface area (Å²) in [5.74, 6) is 0.0102. The molecule has 7 nitrogen and oxygen atoms in total. The molecule has 0 bridgehead atoms. The Kier molecular flexibility index (Phi) is 9.22. The van der Waals surface area contributed by atoms with E-state index in [0.717, 1.165) is 12.8 Å². The molecule has 0 radical (unpaired) electrons. The van der Waals surface area contributed by atoms with Gasteiger partial charge in [0.2, 0.25) is 10.0 Å². The number of aryl methyl sites for hydroxylation is 1. The van der Waals surface area contributed by atoms with E-state index in [2.05, 4.69) is 22.4 Å². The predicted octanol–water partition coefficient (Wildman–Crippen LogP) is 2.38. The van der Waals surface area contributed by atoms with E-state index >= 15 is 0 Å². The van der Waals surface area contributed by atoms with Crippen molar-refractivity contribution >= 4 is 10.0 Å². The molecule has 1 aromatic rings. The lowest BCUT2D eigenvalue weighted by Gasteiger charge is -2.04. The number of tetrazole rings is 1. The molecule has 0 aliphatic rings. The number of nitrogens with two attached hydrogens (primary N) is 1. The third-order valence-corrected chi connectivity index (χ3v) is 4.32. The highest BCUT2D eigenvalue weighted by Crippen LogP contribution is 2.11. The van der Waals surface area contributed by atoms with Gasteiger partial charge in [-0.05, 0) is 16.8 Å². The molecule has 0 fully saturated rings. The van der Waals surface area contributed by atoms with E-state index in [1.165, 1.54) is 56.0 Å². The van der Waals surface area contributed by atoms with E-state index < -0.39 is 10.0 Å². The van der Waals surface area contributed by atoms with Gasteiger partial charge in [0.05, 0.1) is 0 Å². The fourth-order valence-electron chi connectivity index (χ4n) is 2.43. The molecule has 2 N–H and O–H groups in total. The largest absolute Gasteiger partial charge is 0.229 e. The van der Waals surface area contributed by atoms with Crippen LogP contribution in [-0.4, -0.2) is 28.6 Å². The first-order valence-electron chi connectivity index (χ1n) is 8.28. The summed E-state index contributed by atoms with van der Waals surface area (Å²) in [7, 11) is -3.59. The zero-order valence-electron chi connectivity index (χ0n) is 13.6. The third kappa shape index (κ3) is 9.09. The zero-order valence-corrected chi connectivity index (χ0v) is 14.4. The lowest BCUT2D eigenvalue weighted by atomic mass is 10.1. The first-order valence-corrected chi connectivity index (χ1v) is 10.00. The minimum Gasteiger partial charge on any atom is -0.229 e. The van der Waals surface area contributed by atoms with Crippen LogP contribution in [0, 0.1) is 0 Å². The van der Waals surface area contributed by atoms with Crippen LogP contribution in [0.15, 0.2) is 0 Å². The summed E-state index contributed by atoms with van der Waals surface area (Å²) in [6, 6.07) is 0. The molecule has 0 aliphatic heterocycles. The normalized spacial score (nSPS) is 11.9. The quantitative estimate of drug-likeness (QED) is 0.559. The van der Waals surface area contributed by atoms with Gasteiger partial charge in [-0.1, -0.05) is 64.7 Å². The molecule has 128 valence electrons. The second-order valence-electron chi connectivity index (χ2n) is 5.81. The summed E-state index contributed by atoms with van der Waals surface area (Å²) in [5, 5.41) is 16.0. The molecule has 22 heavy (non-hydrogen) atoms. The second kappa shape index (κ2) is 10.7. The van der Waals surface area contributed by atoms with Gasteiger partial charge in [0.25, 0.3) is 0 Å². The minimum absolute atomic E-state index is 0.308. The van der Waals surface area contributed by atoms with Crippen molar-refractivity contribution in [3.8, 4) is 0 Å². The lowest BCUT2D eigenvalue weighted by Crippen LogP contribution is -2.18. The third-order valence-electron chi connectivity index (χ3n) is 3.66. The van der Waals surface area contributed by atoms with Gasteiger partial charge in [-0.3, -0.25) is 0 Å². The van der Waals surface area contributed by atoms with E-state index in [9.17, 15) is 8.42 Å². The van der Waals surface area contributed by atoms with Gasteiger partial charge in [-0.25, -0.2) is 18.2 Å². The van der Waals surface area contributed by atoms with Gasteiger partial charge in [-0.2, -0.15) is 0 Å². The van der Waals surface area contributed by atoms with Crippen molar-refractivity contribution in [1.29, 1.82) is 0 Å². The predicted molar refractivity (Wildman–Crippen MR) is 86.5 cm³/mol. The van der Waals surface area contributed by atoms with Crippen molar-refractivity contribution < 1.29 is 8.42 Å². The van der Waals surface area contributed by atoms with Crippen LogP contribution in [0.25, 0.3) is 0 Å². The van der Waals surface area contributed by atoms with Crippen LogP contribution in [-0.2, 0) is 22.3 Å². The molecule has 0 aromatic carbocycles. The number of hydrogen-bond donors (Lipinski definition) is 1. The Balaban J connectivity index is 2.07. The maximum absolute atomic E-state index is 11.1. The second-order valence-corrected chi connectivity index (χ2v) is 7.42. The highest BCUT2D eigenvalue weighted by atomic mass is 32.2. The number of hydrogen-bond acceptors (Lipinski definition) is 5. The first kappa shape index (κ1) is 19.0. The number of unbranched alkanes of at least 4 members (excludes halogenated alkanes) is 9. The molecule has 1 heterocycles. The summed E-state index contributed by atoms with van der Waals surface area (Å²) in [6.07, 6.45) is 12.6. The number of nitrogens with zero attached hydrogens (tertiary/aromatic N) is 4. The van der Waals surface area contributed by atoms with Crippen LogP contribution in [0.4, 0.5) is 0 Å². The van der Waals surface area contributed by atoms with E-state index in [4.69, 9.17) is 5.14 Å². The number of rotatable bonds is 13. The molecule has 1 rings (SSSR count). The summed E-state index contributed by atoms with van der Waals surface area (Å²) in [6.45, 7) is 2.88. The van der Waals surface area contributed by atoms with Gasteiger partial charge in [0.1, 0.15) is 5.75 Å². The summed E-state index contributed by atoms with van der Waals surface area (Å²) in [4.78, 5) is 0. The fraction of sp³-hybridized carbons (Fsp3) is 0.929. The smallest absolute Gasteiger partial charge is 0.216 e. The van der Waals surface area contributed by atoms with Gasteiger partial charge in [0, 0.05) is 6.54 Å². The average molecular weight is 331 g/mol. The van der Waals surface area contributed by atoms with Crippen molar-refractivity contribution in [2.24, 2.45) is 5.14 Å². The molecule has 1 aromatic heterocycles. The van der Waals surface area contributed by atoms with Gasteiger partial charge < -0.3 is 0 Å². The maximum atomic E-state index is 11.1. The van der Waals surface area contributed by atoms with Crippen LogP contribution in [0.3, 0.4) is 0 Å². The fourth-order valence-corrected chi connectivity index (χ4v) is 3.00. The van der Waals surface area contributed by atoms with Crippen molar-refractivity contribution in [2.45, 2.75) is 83.4 Å². The van der Waals surface area contributed by atoms with Crippen LogP contribution < -0.4 is 5.14 Å². The molecule has 0 amide bonds. The van der Waals surface area contributed by atoms with Crippen molar-refractivity contribution in [2.75, 3.05) is 0 Å². The Hall–Kier alpha value is -1.02. The Morgan fingerprint density at radius 3 is 2.05 bits per heavy atom. The topological polar surface area (TPSA) is 104 Å². The Morgan fingerprint density at radius 1 is 0.955 bits per heavy atom. The van der Waals surface area contributed by atoms with Crippen molar-refractivity contribution in [1.82, 2.24) is 20.2 Å². The van der Waals surface area contributed by atoms with Gasteiger partial charge >= 0.3 is 0 Å². The molecular weight excluding hydrogens is 302 g/mol. The monoisotopic (exact) mass is 331 g/mol. The maximum Gasteiger partial charge on any atom is 0.216 e. The Morgan fingerprint density at radius 2 is 1.50 bits per heavy atom.